The molecule has 0 saturated heterocycles. The van der Waals surface area contributed by atoms with Crippen LogP contribution in [0.1, 0.15) is 31.9 Å². The minimum atomic E-state index is 0.767. The molecule has 0 aliphatic heterocycles. The van der Waals surface area contributed by atoms with Crippen molar-refractivity contribution in [2.24, 2.45) is 0 Å². The van der Waals surface area contributed by atoms with Crippen molar-refractivity contribution in [3.63, 3.8) is 0 Å². The van der Waals surface area contributed by atoms with E-state index >= 15 is 0 Å². The van der Waals surface area contributed by atoms with Crippen molar-refractivity contribution in [1.82, 2.24) is 0 Å². The summed E-state index contributed by atoms with van der Waals surface area (Å²) in [4.78, 5) is 0. The summed E-state index contributed by atoms with van der Waals surface area (Å²) in [6.07, 6.45) is 6.15. The van der Waals surface area contributed by atoms with Crippen molar-refractivity contribution in [3.8, 4) is 12.3 Å². The Morgan fingerprint density at radius 3 is 2.38 bits per heavy atom. The van der Waals surface area contributed by atoms with Gasteiger partial charge in [-0.1, -0.05) is 44.4 Å². The van der Waals surface area contributed by atoms with Gasteiger partial charge in [0.25, 0.3) is 0 Å². The van der Waals surface area contributed by atoms with Crippen LogP contribution in [0.3, 0.4) is 0 Å². The summed E-state index contributed by atoms with van der Waals surface area (Å²) in [6, 6.07) is 5.70. The average Bonchev–Trinajstić information content (AvgIpc) is 2.20. The van der Waals surface area contributed by atoms with Gasteiger partial charge in [-0.3, -0.25) is 0 Å². The van der Waals surface area contributed by atoms with Crippen LogP contribution in [0.2, 0.25) is 5.02 Å². The minimum absolute atomic E-state index is 0.767. The van der Waals surface area contributed by atoms with E-state index < -0.39 is 0 Å². The van der Waals surface area contributed by atoms with Crippen molar-refractivity contribution in [2.45, 2.75) is 27.2 Å². The summed E-state index contributed by atoms with van der Waals surface area (Å²) in [7, 11) is 0. The Balaban J connectivity index is 0.000000671. The molecule has 0 unspecified atom stereocenters. The first-order chi connectivity index (χ1) is 6.27. The van der Waals surface area contributed by atoms with Crippen LogP contribution in [0.25, 0.3) is 0 Å². The quantitative estimate of drug-likeness (QED) is 0.595. The lowest BCUT2D eigenvalue weighted by Crippen LogP contribution is -1.82. The van der Waals surface area contributed by atoms with Gasteiger partial charge in [0.05, 0.1) is 0 Å². The highest BCUT2D eigenvalue weighted by Crippen LogP contribution is 2.17. The van der Waals surface area contributed by atoms with Gasteiger partial charge in [-0.2, -0.15) is 0 Å². The number of aryl methyl sites for hydroxylation is 1. The highest BCUT2D eigenvalue weighted by molar-refractivity contribution is 6.31. The molecule has 0 bridgehead atoms. The Morgan fingerprint density at radius 2 is 2.00 bits per heavy atom. The van der Waals surface area contributed by atoms with Gasteiger partial charge in [-0.05, 0) is 24.1 Å². The first-order valence-electron chi connectivity index (χ1n) is 4.53. The molecule has 1 heteroatoms. The van der Waals surface area contributed by atoms with E-state index in [2.05, 4.69) is 12.8 Å². The maximum atomic E-state index is 5.91. The molecule has 0 aromatic heterocycles. The van der Waals surface area contributed by atoms with Gasteiger partial charge in [0.15, 0.2) is 0 Å². The Kier molecular flexibility index (Phi) is 6.10. The second kappa shape index (κ2) is 6.57. The van der Waals surface area contributed by atoms with Crippen LogP contribution in [-0.2, 0) is 6.42 Å². The van der Waals surface area contributed by atoms with E-state index in [1.54, 1.807) is 0 Å². The van der Waals surface area contributed by atoms with Crippen LogP contribution in [0.15, 0.2) is 18.2 Å². The molecule has 0 spiro atoms. The van der Waals surface area contributed by atoms with Crippen LogP contribution < -0.4 is 0 Å². The Hall–Kier alpha value is -0.930. The molecule has 1 aromatic carbocycles. The maximum Gasteiger partial charge on any atom is 0.0450 e. The number of hydrogen-bond acceptors (Lipinski definition) is 0. The van der Waals surface area contributed by atoms with Crippen LogP contribution in [-0.4, -0.2) is 0 Å². The van der Waals surface area contributed by atoms with Crippen molar-refractivity contribution in [2.75, 3.05) is 0 Å². The van der Waals surface area contributed by atoms with Gasteiger partial charge in [0, 0.05) is 10.6 Å². The lowest BCUT2D eigenvalue weighted by atomic mass is 10.1. The third-order valence-electron chi connectivity index (χ3n) is 1.60. The van der Waals surface area contributed by atoms with E-state index in [1.165, 1.54) is 0 Å². The molecule has 0 nitrogen and oxygen atoms in total. The summed E-state index contributed by atoms with van der Waals surface area (Å²) in [5.74, 6) is 2.53. The van der Waals surface area contributed by atoms with E-state index in [-0.39, 0.29) is 0 Å². The maximum absolute atomic E-state index is 5.91. The van der Waals surface area contributed by atoms with Crippen molar-refractivity contribution < 1.29 is 0 Å². The van der Waals surface area contributed by atoms with Gasteiger partial charge in [-0.25, -0.2) is 0 Å². The summed E-state index contributed by atoms with van der Waals surface area (Å²) in [5.41, 5.74) is 1.98. The van der Waals surface area contributed by atoms with Gasteiger partial charge in [0.2, 0.25) is 0 Å². The Bertz CT molecular complexity index is 294. The van der Waals surface area contributed by atoms with E-state index in [1.807, 2.05) is 32.0 Å². The van der Waals surface area contributed by atoms with Crippen LogP contribution in [0, 0.1) is 12.3 Å². The van der Waals surface area contributed by atoms with Gasteiger partial charge >= 0.3 is 0 Å². The summed E-state index contributed by atoms with van der Waals surface area (Å²) in [6.45, 7) is 6.07. The molecule has 0 radical (unpaired) electrons. The number of rotatable bonds is 1. The lowest BCUT2D eigenvalue weighted by molar-refractivity contribution is 1.14. The molecule has 0 amide bonds. The highest BCUT2D eigenvalue weighted by Gasteiger charge is 1.96. The minimum Gasteiger partial charge on any atom is -0.115 e. The monoisotopic (exact) mass is 194 g/mol. The zero-order valence-electron chi connectivity index (χ0n) is 8.39. The third-order valence-corrected chi connectivity index (χ3v) is 1.95. The highest BCUT2D eigenvalue weighted by atomic mass is 35.5. The first kappa shape index (κ1) is 12.1. The molecular weight excluding hydrogens is 180 g/mol. The molecule has 0 aliphatic rings. The van der Waals surface area contributed by atoms with Gasteiger partial charge in [-0.15, -0.1) is 6.42 Å². The standard InChI is InChI=1S/C10H9Cl.C2H6/c1-3-8-5-6-9(4-2)10(11)7-8;1-2/h1,5-7H,4H2,2H3;1-2H3. The number of halogens is 1. The molecule has 1 rings (SSSR count). The average molecular weight is 195 g/mol. The largest absolute Gasteiger partial charge is 0.115 e. The fourth-order valence-electron chi connectivity index (χ4n) is 0.924. The molecule has 1 aromatic rings. The lowest BCUT2D eigenvalue weighted by Gasteiger charge is -1.99. The molecule has 0 saturated carbocycles. The summed E-state index contributed by atoms with van der Waals surface area (Å²) in [5, 5.41) is 0.767. The molecule has 0 N–H and O–H groups in total. The van der Waals surface area contributed by atoms with E-state index in [0.717, 1.165) is 22.6 Å². The SMILES string of the molecule is C#Cc1ccc(CC)c(Cl)c1.CC. The second-order valence-corrected chi connectivity index (χ2v) is 2.71. The fourth-order valence-corrected chi connectivity index (χ4v) is 1.24. The zero-order valence-corrected chi connectivity index (χ0v) is 9.15. The topological polar surface area (TPSA) is 0 Å². The third kappa shape index (κ3) is 3.53. The predicted molar refractivity (Wildman–Crippen MR) is 60.1 cm³/mol. The van der Waals surface area contributed by atoms with E-state index in [0.29, 0.717) is 0 Å². The Morgan fingerprint density at radius 1 is 1.38 bits per heavy atom. The molecule has 0 heterocycles. The van der Waals surface area contributed by atoms with Gasteiger partial charge < -0.3 is 0 Å². The Labute approximate surface area is 85.9 Å². The van der Waals surface area contributed by atoms with Crippen LogP contribution in [0.5, 0.6) is 0 Å². The second-order valence-electron chi connectivity index (χ2n) is 2.30. The molecule has 0 atom stereocenters. The smallest absolute Gasteiger partial charge is 0.0450 e. The number of benzene rings is 1. The van der Waals surface area contributed by atoms with Crippen molar-refractivity contribution >= 4 is 11.6 Å². The predicted octanol–water partition coefficient (Wildman–Crippen LogP) is 3.91. The molecular formula is C12H15Cl. The summed E-state index contributed by atoms with van der Waals surface area (Å²) < 4.78 is 0. The first-order valence-corrected chi connectivity index (χ1v) is 4.90. The number of terminal acetylenes is 1. The molecule has 0 aliphatic carbocycles. The van der Waals surface area contributed by atoms with E-state index in [4.69, 9.17) is 18.0 Å². The normalized spacial score (nSPS) is 8.23. The van der Waals surface area contributed by atoms with E-state index in [9.17, 15) is 0 Å². The zero-order chi connectivity index (χ0) is 10.3. The molecule has 13 heavy (non-hydrogen) atoms. The number of hydrogen-bond donors (Lipinski definition) is 0. The fraction of sp³-hybridized carbons (Fsp3) is 0.333. The van der Waals surface area contributed by atoms with Crippen LogP contribution >= 0.6 is 11.6 Å². The van der Waals surface area contributed by atoms with Crippen molar-refractivity contribution in [3.05, 3.63) is 34.3 Å². The molecule has 70 valence electrons. The summed E-state index contributed by atoms with van der Waals surface area (Å²) >= 11 is 5.91. The molecule has 0 fully saturated rings. The van der Waals surface area contributed by atoms with Gasteiger partial charge in [0.1, 0.15) is 0 Å². The van der Waals surface area contributed by atoms with Crippen molar-refractivity contribution in [1.29, 1.82) is 0 Å². The van der Waals surface area contributed by atoms with Crippen LogP contribution in [0.4, 0.5) is 0 Å².